The van der Waals surface area contributed by atoms with Crippen LogP contribution in [0, 0.1) is 0 Å². The third kappa shape index (κ3) is 6.45. The lowest BCUT2D eigenvalue weighted by molar-refractivity contribution is 0.0954. The molecule has 1 amide bonds. The van der Waals surface area contributed by atoms with Crippen LogP contribution < -0.4 is 20.1 Å². The van der Waals surface area contributed by atoms with Gasteiger partial charge in [0, 0.05) is 25.8 Å². The number of aromatic nitrogens is 1. The number of rotatable bonds is 10. The SMILES string of the molecule is COc1ccc(CCNC(=O)c2ccc(NCCN(C)C)nc2)cc1OC. The first-order valence-corrected chi connectivity index (χ1v) is 8.87. The number of carbonyl (C=O) groups is 1. The van der Waals surface area contributed by atoms with Gasteiger partial charge in [0.05, 0.1) is 19.8 Å². The number of amides is 1. The van der Waals surface area contributed by atoms with Crippen LogP contribution in [0.15, 0.2) is 36.5 Å². The van der Waals surface area contributed by atoms with E-state index in [0.717, 1.165) is 24.5 Å². The van der Waals surface area contributed by atoms with Gasteiger partial charge in [-0.15, -0.1) is 0 Å². The van der Waals surface area contributed by atoms with Crippen molar-refractivity contribution in [2.24, 2.45) is 0 Å². The van der Waals surface area contributed by atoms with Crippen molar-refractivity contribution < 1.29 is 14.3 Å². The average molecular weight is 372 g/mol. The van der Waals surface area contributed by atoms with Gasteiger partial charge < -0.3 is 25.0 Å². The van der Waals surface area contributed by atoms with Crippen LogP contribution in [0.5, 0.6) is 11.5 Å². The first-order chi connectivity index (χ1) is 13.0. The van der Waals surface area contributed by atoms with Crippen molar-refractivity contribution in [3.63, 3.8) is 0 Å². The molecule has 0 bridgehead atoms. The normalized spacial score (nSPS) is 10.6. The highest BCUT2D eigenvalue weighted by Crippen LogP contribution is 2.27. The zero-order valence-corrected chi connectivity index (χ0v) is 16.4. The van der Waals surface area contributed by atoms with Crippen LogP contribution in [-0.4, -0.2) is 63.7 Å². The van der Waals surface area contributed by atoms with Crippen molar-refractivity contribution in [2.45, 2.75) is 6.42 Å². The molecule has 0 unspecified atom stereocenters. The molecular formula is C20H28N4O3. The zero-order valence-electron chi connectivity index (χ0n) is 16.4. The minimum absolute atomic E-state index is 0.136. The van der Waals surface area contributed by atoms with Crippen molar-refractivity contribution in [2.75, 3.05) is 53.3 Å². The zero-order chi connectivity index (χ0) is 19.6. The van der Waals surface area contributed by atoms with Crippen LogP contribution in [0.2, 0.25) is 0 Å². The molecule has 2 N–H and O–H groups in total. The van der Waals surface area contributed by atoms with E-state index in [0.29, 0.717) is 30.0 Å². The summed E-state index contributed by atoms with van der Waals surface area (Å²) in [5.41, 5.74) is 1.60. The second-order valence-electron chi connectivity index (χ2n) is 6.36. The molecule has 27 heavy (non-hydrogen) atoms. The van der Waals surface area contributed by atoms with Crippen molar-refractivity contribution in [3.8, 4) is 11.5 Å². The van der Waals surface area contributed by atoms with Crippen LogP contribution in [-0.2, 0) is 6.42 Å². The van der Waals surface area contributed by atoms with Gasteiger partial charge in [0.1, 0.15) is 5.82 Å². The van der Waals surface area contributed by atoms with E-state index in [1.54, 1.807) is 26.5 Å². The number of hydrogen-bond acceptors (Lipinski definition) is 6. The molecule has 0 radical (unpaired) electrons. The van der Waals surface area contributed by atoms with Crippen LogP contribution in [0.25, 0.3) is 0 Å². The van der Waals surface area contributed by atoms with Crippen molar-refractivity contribution in [3.05, 3.63) is 47.7 Å². The second-order valence-corrected chi connectivity index (χ2v) is 6.36. The van der Waals surface area contributed by atoms with E-state index in [-0.39, 0.29) is 5.91 Å². The monoisotopic (exact) mass is 372 g/mol. The summed E-state index contributed by atoms with van der Waals surface area (Å²) in [7, 11) is 7.25. The van der Waals surface area contributed by atoms with Gasteiger partial charge in [-0.3, -0.25) is 4.79 Å². The number of nitrogens with zero attached hydrogens (tertiary/aromatic N) is 2. The van der Waals surface area contributed by atoms with Crippen LogP contribution in [0.1, 0.15) is 15.9 Å². The van der Waals surface area contributed by atoms with Crippen molar-refractivity contribution >= 4 is 11.7 Å². The van der Waals surface area contributed by atoms with Gasteiger partial charge in [-0.2, -0.15) is 0 Å². The number of pyridine rings is 1. The third-order valence-corrected chi connectivity index (χ3v) is 4.04. The van der Waals surface area contributed by atoms with E-state index in [2.05, 4.69) is 20.5 Å². The number of ether oxygens (including phenoxy) is 2. The van der Waals surface area contributed by atoms with E-state index in [4.69, 9.17) is 9.47 Å². The Morgan fingerprint density at radius 2 is 1.85 bits per heavy atom. The Hall–Kier alpha value is -2.80. The topological polar surface area (TPSA) is 75.7 Å². The molecule has 2 aromatic rings. The highest BCUT2D eigenvalue weighted by atomic mass is 16.5. The Labute approximate surface area is 160 Å². The summed E-state index contributed by atoms with van der Waals surface area (Å²) < 4.78 is 10.5. The van der Waals surface area contributed by atoms with E-state index >= 15 is 0 Å². The Morgan fingerprint density at radius 3 is 2.48 bits per heavy atom. The molecule has 0 spiro atoms. The second kappa shape index (κ2) is 10.4. The summed E-state index contributed by atoms with van der Waals surface area (Å²) in [5, 5.41) is 6.13. The Bertz CT molecular complexity index is 733. The molecule has 0 aliphatic carbocycles. The molecular weight excluding hydrogens is 344 g/mol. The van der Waals surface area contributed by atoms with Gasteiger partial charge in [-0.25, -0.2) is 4.98 Å². The molecule has 146 valence electrons. The summed E-state index contributed by atoms with van der Waals surface area (Å²) in [5.74, 6) is 2.00. The lowest BCUT2D eigenvalue weighted by Gasteiger charge is -2.11. The van der Waals surface area contributed by atoms with Gasteiger partial charge in [0.25, 0.3) is 5.91 Å². The summed E-state index contributed by atoms with van der Waals surface area (Å²) in [6.45, 7) is 2.24. The maximum atomic E-state index is 12.3. The predicted octanol–water partition coefficient (Wildman–Crippen LogP) is 2.04. The first kappa shape index (κ1) is 20.5. The number of hydrogen-bond donors (Lipinski definition) is 2. The lowest BCUT2D eigenvalue weighted by atomic mass is 10.1. The minimum atomic E-state index is -0.136. The van der Waals surface area contributed by atoms with Crippen LogP contribution in [0.3, 0.4) is 0 Å². The predicted molar refractivity (Wildman–Crippen MR) is 107 cm³/mol. The van der Waals surface area contributed by atoms with Gasteiger partial charge in [-0.05, 0) is 50.3 Å². The highest BCUT2D eigenvalue weighted by Gasteiger charge is 2.08. The number of carbonyl (C=O) groups excluding carboxylic acids is 1. The Kier molecular flexibility index (Phi) is 7.88. The molecule has 0 saturated carbocycles. The summed E-state index contributed by atoms with van der Waals surface area (Å²) in [6.07, 6.45) is 2.29. The maximum absolute atomic E-state index is 12.3. The number of benzene rings is 1. The molecule has 0 atom stereocenters. The van der Waals surface area contributed by atoms with Crippen molar-refractivity contribution in [1.82, 2.24) is 15.2 Å². The van der Waals surface area contributed by atoms with Crippen LogP contribution in [0.4, 0.5) is 5.82 Å². The summed E-state index contributed by atoms with van der Waals surface area (Å²) >= 11 is 0. The molecule has 1 aromatic carbocycles. The lowest BCUT2D eigenvalue weighted by Crippen LogP contribution is -2.26. The van der Waals surface area contributed by atoms with Crippen LogP contribution >= 0.6 is 0 Å². The van der Waals surface area contributed by atoms with E-state index in [1.807, 2.05) is 38.4 Å². The Balaban J connectivity index is 1.81. The molecule has 7 nitrogen and oxygen atoms in total. The maximum Gasteiger partial charge on any atom is 0.252 e. The number of nitrogens with one attached hydrogen (secondary N) is 2. The number of likely N-dealkylation sites (N-methyl/N-ethyl adjacent to an activating group) is 1. The number of methoxy groups -OCH3 is 2. The Morgan fingerprint density at radius 1 is 1.07 bits per heavy atom. The largest absolute Gasteiger partial charge is 0.493 e. The molecule has 1 aromatic heterocycles. The minimum Gasteiger partial charge on any atom is -0.493 e. The molecule has 0 saturated heterocycles. The van der Waals surface area contributed by atoms with E-state index in [1.165, 1.54) is 0 Å². The standard InChI is InChI=1S/C20H28N4O3/c1-24(2)12-11-21-19-8-6-16(14-23-19)20(25)22-10-9-15-5-7-17(26-3)18(13-15)27-4/h5-8,13-14H,9-12H2,1-4H3,(H,21,23)(H,22,25). The van der Waals surface area contributed by atoms with E-state index in [9.17, 15) is 4.79 Å². The molecule has 1 heterocycles. The summed E-state index contributed by atoms with van der Waals surface area (Å²) in [4.78, 5) is 18.6. The quantitative estimate of drug-likeness (QED) is 0.665. The molecule has 0 aliphatic rings. The van der Waals surface area contributed by atoms with Gasteiger partial charge in [-0.1, -0.05) is 6.07 Å². The molecule has 7 heteroatoms. The van der Waals surface area contributed by atoms with Crippen molar-refractivity contribution in [1.29, 1.82) is 0 Å². The van der Waals surface area contributed by atoms with Gasteiger partial charge >= 0.3 is 0 Å². The molecule has 0 fully saturated rings. The fraction of sp³-hybridized carbons (Fsp3) is 0.400. The third-order valence-electron chi connectivity index (χ3n) is 4.04. The number of anilines is 1. The highest BCUT2D eigenvalue weighted by molar-refractivity contribution is 5.94. The van der Waals surface area contributed by atoms with E-state index < -0.39 is 0 Å². The average Bonchev–Trinajstić information content (AvgIpc) is 2.68. The molecule has 2 rings (SSSR count). The van der Waals surface area contributed by atoms with Gasteiger partial charge in [0.2, 0.25) is 0 Å². The fourth-order valence-electron chi connectivity index (χ4n) is 2.50. The van der Waals surface area contributed by atoms with Gasteiger partial charge in [0.15, 0.2) is 11.5 Å². The fourth-order valence-corrected chi connectivity index (χ4v) is 2.50. The summed E-state index contributed by atoms with van der Waals surface area (Å²) in [6, 6.07) is 9.33. The molecule has 0 aliphatic heterocycles. The smallest absolute Gasteiger partial charge is 0.252 e. The first-order valence-electron chi connectivity index (χ1n) is 8.87.